The molecule has 3 aromatic rings. The third-order valence-electron chi connectivity index (χ3n) is 5.41. The minimum atomic E-state index is -0.385. The zero-order chi connectivity index (χ0) is 19.5. The molecule has 0 N–H and O–H groups in total. The molecule has 0 spiro atoms. The van der Waals surface area contributed by atoms with Gasteiger partial charge in [-0.15, -0.1) is 0 Å². The van der Waals surface area contributed by atoms with Crippen LogP contribution in [0.5, 0.6) is 0 Å². The number of nitrogens with zero attached hydrogens (tertiary/aromatic N) is 1. The van der Waals surface area contributed by atoms with Gasteiger partial charge in [0.05, 0.1) is 5.71 Å². The molecule has 0 bridgehead atoms. The molecular weight excluding hydrogens is 346 g/mol. The fraction of sp³-hybridized carbons (Fsp3) is 0.280. The maximum absolute atomic E-state index is 11.4. The highest BCUT2D eigenvalue weighted by atomic mass is 16.7. The summed E-state index contributed by atoms with van der Waals surface area (Å²) in [7, 11) is 0. The molecule has 28 heavy (non-hydrogen) atoms. The molecule has 0 saturated heterocycles. The van der Waals surface area contributed by atoms with Crippen molar-refractivity contribution in [3.05, 3.63) is 60.2 Å². The molecule has 0 amide bonds. The van der Waals surface area contributed by atoms with Gasteiger partial charge < -0.3 is 4.84 Å². The van der Waals surface area contributed by atoms with Crippen LogP contribution in [0.3, 0.4) is 0 Å². The number of carbonyl (C=O) groups is 1. The Morgan fingerprint density at radius 2 is 1.57 bits per heavy atom. The summed E-state index contributed by atoms with van der Waals surface area (Å²) < 4.78 is 0. The molecule has 3 aromatic carbocycles. The van der Waals surface area contributed by atoms with Gasteiger partial charge in [0.15, 0.2) is 0 Å². The Hall–Kier alpha value is -2.94. The van der Waals surface area contributed by atoms with E-state index >= 15 is 0 Å². The van der Waals surface area contributed by atoms with Crippen LogP contribution in [0.4, 0.5) is 0 Å². The fourth-order valence-electron chi connectivity index (χ4n) is 4.13. The van der Waals surface area contributed by atoms with Crippen LogP contribution in [0, 0.1) is 0 Å². The second-order valence-electron chi connectivity index (χ2n) is 7.37. The van der Waals surface area contributed by atoms with E-state index < -0.39 is 0 Å². The quantitative estimate of drug-likeness (QED) is 0.156. The smallest absolute Gasteiger partial charge is 0.318 e. The Labute approximate surface area is 166 Å². The van der Waals surface area contributed by atoms with Gasteiger partial charge in [-0.25, -0.2) is 4.79 Å². The summed E-state index contributed by atoms with van der Waals surface area (Å²) in [5.74, 6) is -0.385. The highest BCUT2D eigenvalue weighted by molar-refractivity contribution is 6.21. The van der Waals surface area contributed by atoms with Crippen molar-refractivity contribution >= 4 is 22.5 Å². The van der Waals surface area contributed by atoms with Gasteiger partial charge in [-0.05, 0) is 45.9 Å². The lowest BCUT2D eigenvalue weighted by Gasteiger charge is -2.11. The third-order valence-corrected chi connectivity index (χ3v) is 5.41. The lowest BCUT2D eigenvalue weighted by atomic mass is 9.94. The molecule has 0 unspecified atom stereocenters. The number of benzene rings is 3. The average molecular weight is 371 g/mol. The molecule has 0 aliphatic heterocycles. The normalized spacial score (nSPS) is 12.3. The molecule has 1 aliphatic rings. The first-order chi connectivity index (χ1) is 13.7. The number of fused-ring (bicyclic) bond motifs is 3. The number of oxime groups is 1. The minimum absolute atomic E-state index is 0.385. The van der Waals surface area contributed by atoms with Crippen LogP contribution >= 0.6 is 0 Å². The Kier molecular flexibility index (Phi) is 5.25. The van der Waals surface area contributed by atoms with E-state index in [0.717, 1.165) is 30.5 Å². The maximum atomic E-state index is 11.4. The van der Waals surface area contributed by atoms with Gasteiger partial charge in [0, 0.05) is 12.5 Å². The second kappa shape index (κ2) is 7.97. The van der Waals surface area contributed by atoms with Gasteiger partial charge in [-0.1, -0.05) is 85.9 Å². The van der Waals surface area contributed by atoms with Gasteiger partial charge in [-0.3, -0.25) is 0 Å². The molecule has 0 atom stereocenters. The average Bonchev–Trinajstić information content (AvgIpc) is 3.04. The van der Waals surface area contributed by atoms with Crippen molar-refractivity contribution in [3.63, 3.8) is 0 Å². The van der Waals surface area contributed by atoms with Crippen LogP contribution in [0.25, 0.3) is 33.0 Å². The first-order valence-corrected chi connectivity index (χ1v) is 10.1. The minimum Gasteiger partial charge on any atom is -0.318 e. The second-order valence-corrected chi connectivity index (χ2v) is 7.37. The van der Waals surface area contributed by atoms with Crippen LogP contribution in [0.15, 0.2) is 59.8 Å². The van der Waals surface area contributed by atoms with Crippen molar-refractivity contribution in [1.82, 2.24) is 0 Å². The van der Waals surface area contributed by atoms with Crippen molar-refractivity contribution in [2.45, 2.75) is 46.0 Å². The summed E-state index contributed by atoms with van der Waals surface area (Å²) in [5, 5.41) is 6.68. The summed E-state index contributed by atoms with van der Waals surface area (Å²) in [5.41, 5.74) is 7.01. The predicted molar refractivity (Wildman–Crippen MR) is 115 cm³/mol. The maximum Gasteiger partial charge on any atom is 0.331 e. The molecule has 3 heteroatoms. The summed E-state index contributed by atoms with van der Waals surface area (Å²) >= 11 is 0. The Morgan fingerprint density at radius 3 is 2.29 bits per heavy atom. The SMILES string of the molecule is CCCCCC/C(=N/OC(C)=O)c1ccc2c3c(cccc13)-c1ccccc1-2. The molecular formula is C25H25NO2. The van der Waals surface area contributed by atoms with Gasteiger partial charge in [-0.2, -0.15) is 0 Å². The van der Waals surface area contributed by atoms with Crippen LogP contribution in [0.1, 0.15) is 51.5 Å². The van der Waals surface area contributed by atoms with Gasteiger partial charge >= 0.3 is 5.97 Å². The van der Waals surface area contributed by atoms with E-state index in [1.165, 1.54) is 52.8 Å². The van der Waals surface area contributed by atoms with Crippen molar-refractivity contribution < 1.29 is 9.63 Å². The summed E-state index contributed by atoms with van der Waals surface area (Å²) in [6.07, 6.45) is 5.40. The van der Waals surface area contributed by atoms with Crippen LogP contribution < -0.4 is 0 Å². The van der Waals surface area contributed by atoms with E-state index in [-0.39, 0.29) is 5.97 Å². The highest BCUT2D eigenvalue weighted by Gasteiger charge is 2.23. The first kappa shape index (κ1) is 18.4. The number of carbonyl (C=O) groups excluding carboxylic acids is 1. The first-order valence-electron chi connectivity index (χ1n) is 10.1. The molecule has 0 saturated carbocycles. The fourth-order valence-corrected chi connectivity index (χ4v) is 4.13. The van der Waals surface area contributed by atoms with Gasteiger partial charge in [0.25, 0.3) is 0 Å². The van der Waals surface area contributed by atoms with E-state index in [9.17, 15) is 4.79 Å². The van der Waals surface area contributed by atoms with Crippen LogP contribution in [0.2, 0.25) is 0 Å². The van der Waals surface area contributed by atoms with E-state index in [2.05, 4.69) is 66.7 Å². The van der Waals surface area contributed by atoms with Crippen LogP contribution in [-0.2, 0) is 9.63 Å². The monoisotopic (exact) mass is 371 g/mol. The zero-order valence-corrected chi connectivity index (χ0v) is 16.5. The predicted octanol–water partition coefficient (Wildman–Crippen LogP) is 6.72. The van der Waals surface area contributed by atoms with Crippen molar-refractivity contribution in [3.8, 4) is 22.3 Å². The standard InChI is InChI=1S/C25H25NO2/c1-3-4-5-6-14-24(26-28-17(2)27)20-15-16-23-19-11-8-7-10-18(19)21-12-9-13-22(20)25(21)23/h7-13,15-16H,3-6,14H2,1-2H3/b26-24-. The molecule has 0 aromatic heterocycles. The van der Waals surface area contributed by atoms with Gasteiger partial charge in [0.1, 0.15) is 0 Å². The molecule has 0 fully saturated rings. The Morgan fingerprint density at radius 1 is 0.857 bits per heavy atom. The molecule has 0 heterocycles. The van der Waals surface area contributed by atoms with E-state index in [0.29, 0.717) is 0 Å². The molecule has 4 rings (SSSR count). The van der Waals surface area contributed by atoms with E-state index in [1.54, 1.807) is 0 Å². The number of hydrogen-bond acceptors (Lipinski definition) is 3. The van der Waals surface area contributed by atoms with Crippen molar-refractivity contribution in [2.75, 3.05) is 0 Å². The summed E-state index contributed by atoms with van der Waals surface area (Å²) in [6.45, 7) is 3.59. The van der Waals surface area contributed by atoms with Crippen molar-refractivity contribution in [2.24, 2.45) is 5.16 Å². The van der Waals surface area contributed by atoms with Crippen molar-refractivity contribution in [1.29, 1.82) is 0 Å². The number of unbranched alkanes of at least 4 members (excludes halogenated alkanes) is 3. The third kappa shape index (κ3) is 3.33. The summed E-state index contributed by atoms with van der Waals surface area (Å²) in [6, 6.07) is 19.3. The topological polar surface area (TPSA) is 38.7 Å². The van der Waals surface area contributed by atoms with Gasteiger partial charge in [0.2, 0.25) is 0 Å². The lowest BCUT2D eigenvalue weighted by Crippen LogP contribution is -2.05. The highest BCUT2D eigenvalue weighted by Crippen LogP contribution is 2.47. The summed E-state index contributed by atoms with van der Waals surface area (Å²) in [4.78, 5) is 16.4. The van der Waals surface area contributed by atoms with E-state index in [1.807, 2.05) is 0 Å². The van der Waals surface area contributed by atoms with Crippen LogP contribution in [-0.4, -0.2) is 11.7 Å². The molecule has 0 radical (unpaired) electrons. The lowest BCUT2D eigenvalue weighted by molar-refractivity contribution is -0.140. The Balaban J connectivity index is 1.80. The number of hydrogen-bond donors (Lipinski definition) is 0. The Bertz CT molecular complexity index is 1040. The molecule has 142 valence electrons. The largest absolute Gasteiger partial charge is 0.331 e. The molecule has 3 nitrogen and oxygen atoms in total. The molecule has 1 aliphatic carbocycles. The zero-order valence-electron chi connectivity index (χ0n) is 16.5. The number of rotatable bonds is 7. The van der Waals surface area contributed by atoms with E-state index in [4.69, 9.17) is 4.84 Å².